The number of amides is 1. The zero-order valence-electron chi connectivity index (χ0n) is 12.6. The van der Waals surface area contributed by atoms with Crippen molar-refractivity contribution in [2.45, 2.75) is 39.3 Å². The first kappa shape index (κ1) is 16.3. The van der Waals surface area contributed by atoms with Crippen molar-refractivity contribution >= 4 is 5.91 Å². The van der Waals surface area contributed by atoms with E-state index in [9.17, 15) is 4.79 Å². The topological polar surface area (TPSA) is 73.6 Å². The minimum absolute atomic E-state index is 0.0506. The summed E-state index contributed by atoms with van der Waals surface area (Å²) in [6.07, 6.45) is 0.798. The van der Waals surface area contributed by atoms with Gasteiger partial charge >= 0.3 is 0 Å². The number of carbonyl (C=O) groups excluding carboxylic acids is 1. The SMILES string of the molecule is COc1cc(C(=O)NCCC(C)N)ccc1OC(C)C. The van der Waals surface area contributed by atoms with Gasteiger partial charge in [-0.05, 0) is 45.4 Å². The lowest BCUT2D eigenvalue weighted by Gasteiger charge is -2.14. The Morgan fingerprint density at radius 1 is 1.30 bits per heavy atom. The predicted octanol–water partition coefficient (Wildman–Crippen LogP) is 1.95. The molecule has 1 amide bonds. The fraction of sp³-hybridized carbons (Fsp3) is 0.533. The van der Waals surface area contributed by atoms with E-state index in [0.717, 1.165) is 6.42 Å². The van der Waals surface area contributed by atoms with Crippen LogP contribution in [0.4, 0.5) is 0 Å². The third-order valence-corrected chi connectivity index (χ3v) is 2.67. The summed E-state index contributed by atoms with van der Waals surface area (Å²) in [6.45, 7) is 6.35. The summed E-state index contributed by atoms with van der Waals surface area (Å²) in [5, 5.41) is 2.83. The number of hydrogen-bond donors (Lipinski definition) is 2. The summed E-state index contributed by atoms with van der Waals surface area (Å²) in [7, 11) is 1.56. The lowest BCUT2D eigenvalue weighted by molar-refractivity contribution is 0.0952. The van der Waals surface area contributed by atoms with E-state index >= 15 is 0 Å². The van der Waals surface area contributed by atoms with E-state index < -0.39 is 0 Å². The maximum absolute atomic E-state index is 12.0. The number of hydrogen-bond acceptors (Lipinski definition) is 4. The molecule has 112 valence electrons. The van der Waals surface area contributed by atoms with Crippen LogP contribution in [0.3, 0.4) is 0 Å². The molecule has 1 rings (SSSR count). The van der Waals surface area contributed by atoms with Crippen LogP contribution in [-0.4, -0.2) is 31.7 Å². The summed E-state index contributed by atoms with van der Waals surface area (Å²) in [6, 6.07) is 5.23. The smallest absolute Gasteiger partial charge is 0.251 e. The summed E-state index contributed by atoms with van der Waals surface area (Å²) >= 11 is 0. The highest BCUT2D eigenvalue weighted by atomic mass is 16.5. The standard InChI is InChI=1S/C15H24N2O3/c1-10(2)20-13-6-5-12(9-14(13)19-4)15(18)17-8-7-11(3)16/h5-6,9-11H,7-8,16H2,1-4H3,(H,17,18). The van der Waals surface area contributed by atoms with Gasteiger partial charge in [-0.25, -0.2) is 0 Å². The van der Waals surface area contributed by atoms with E-state index in [1.165, 1.54) is 0 Å². The molecule has 1 aromatic carbocycles. The Labute approximate surface area is 120 Å². The summed E-state index contributed by atoms with van der Waals surface area (Å²) in [4.78, 5) is 12.0. The number of rotatable bonds is 7. The van der Waals surface area contributed by atoms with Gasteiger partial charge in [0.1, 0.15) is 0 Å². The van der Waals surface area contributed by atoms with Crippen LogP contribution < -0.4 is 20.5 Å². The largest absolute Gasteiger partial charge is 0.493 e. The quantitative estimate of drug-likeness (QED) is 0.800. The number of ether oxygens (including phenoxy) is 2. The molecule has 0 heterocycles. The van der Waals surface area contributed by atoms with Gasteiger partial charge in [-0.2, -0.15) is 0 Å². The zero-order valence-corrected chi connectivity index (χ0v) is 12.6. The van der Waals surface area contributed by atoms with Gasteiger partial charge in [-0.3, -0.25) is 4.79 Å². The number of benzene rings is 1. The van der Waals surface area contributed by atoms with Crippen LogP contribution in [0.1, 0.15) is 37.6 Å². The fourth-order valence-corrected chi connectivity index (χ4v) is 1.68. The van der Waals surface area contributed by atoms with E-state index in [1.54, 1.807) is 25.3 Å². The van der Waals surface area contributed by atoms with Crippen LogP contribution in [0.15, 0.2) is 18.2 Å². The maximum Gasteiger partial charge on any atom is 0.251 e. The number of nitrogens with one attached hydrogen (secondary N) is 1. The van der Waals surface area contributed by atoms with Gasteiger partial charge in [0, 0.05) is 18.2 Å². The highest BCUT2D eigenvalue weighted by Crippen LogP contribution is 2.28. The minimum atomic E-state index is -0.139. The number of methoxy groups -OCH3 is 1. The molecular formula is C15H24N2O3. The summed E-state index contributed by atoms with van der Waals surface area (Å²) in [5.41, 5.74) is 6.19. The molecule has 5 nitrogen and oxygen atoms in total. The van der Waals surface area contributed by atoms with Crippen molar-refractivity contribution in [2.75, 3.05) is 13.7 Å². The average molecular weight is 280 g/mol. The van der Waals surface area contributed by atoms with Gasteiger partial charge in [0.05, 0.1) is 13.2 Å². The monoisotopic (exact) mass is 280 g/mol. The van der Waals surface area contributed by atoms with E-state index in [1.807, 2.05) is 20.8 Å². The van der Waals surface area contributed by atoms with Gasteiger partial charge in [0.2, 0.25) is 0 Å². The van der Waals surface area contributed by atoms with Crippen molar-refractivity contribution in [2.24, 2.45) is 5.73 Å². The van der Waals surface area contributed by atoms with Crippen molar-refractivity contribution in [1.82, 2.24) is 5.32 Å². The van der Waals surface area contributed by atoms with Crippen molar-refractivity contribution in [1.29, 1.82) is 0 Å². The Kier molecular flexibility index (Phi) is 6.31. The normalized spacial score (nSPS) is 12.1. The van der Waals surface area contributed by atoms with Crippen LogP contribution in [0.25, 0.3) is 0 Å². The van der Waals surface area contributed by atoms with Gasteiger partial charge in [-0.15, -0.1) is 0 Å². The molecule has 1 aromatic rings. The first-order valence-corrected chi connectivity index (χ1v) is 6.82. The van der Waals surface area contributed by atoms with Crippen molar-refractivity contribution < 1.29 is 14.3 Å². The zero-order chi connectivity index (χ0) is 15.1. The van der Waals surface area contributed by atoms with Crippen molar-refractivity contribution in [3.8, 4) is 11.5 Å². The van der Waals surface area contributed by atoms with Gasteiger partial charge in [0.25, 0.3) is 5.91 Å². The van der Waals surface area contributed by atoms with Crippen LogP contribution >= 0.6 is 0 Å². The molecule has 1 atom stereocenters. The highest BCUT2D eigenvalue weighted by molar-refractivity contribution is 5.94. The third-order valence-electron chi connectivity index (χ3n) is 2.67. The third kappa shape index (κ3) is 5.09. The fourth-order valence-electron chi connectivity index (χ4n) is 1.68. The molecule has 0 bridgehead atoms. The molecule has 5 heteroatoms. The Hall–Kier alpha value is -1.75. The Morgan fingerprint density at radius 3 is 2.55 bits per heavy atom. The molecule has 0 fully saturated rings. The maximum atomic E-state index is 12.0. The highest BCUT2D eigenvalue weighted by Gasteiger charge is 2.12. The van der Waals surface area contributed by atoms with Crippen LogP contribution in [0.2, 0.25) is 0 Å². The molecular weight excluding hydrogens is 256 g/mol. The number of carbonyl (C=O) groups is 1. The molecule has 0 saturated heterocycles. The molecule has 0 aromatic heterocycles. The molecule has 3 N–H and O–H groups in total. The van der Waals surface area contributed by atoms with Crippen LogP contribution in [0.5, 0.6) is 11.5 Å². The Bertz CT molecular complexity index is 445. The predicted molar refractivity (Wildman–Crippen MR) is 79.4 cm³/mol. The lowest BCUT2D eigenvalue weighted by Crippen LogP contribution is -2.28. The van der Waals surface area contributed by atoms with Gasteiger partial charge < -0.3 is 20.5 Å². The first-order valence-electron chi connectivity index (χ1n) is 6.82. The molecule has 0 radical (unpaired) electrons. The van der Waals surface area contributed by atoms with E-state index in [0.29, 0.717) is 23.6 Å². The average Bonchev–Trinajstić information content (AvgIpc) is 2.37. The van der Waals surface area contributed by atoms with E-state index in [4.69, 9.17) is 15.2 Å². The van der Waals surface area contributed by atoms with E-state index in [2.05, 4.69) is 5.32 Å². The minimum Gasteiger partial charge on any atom is -0.493 e. The molecule has 0 aliphatic rings. The molecule has 20 heavy (non-hydrogen) atoms. The van der Waals surface area contributed by atoms with Crippen LogP contribution in [-0.2, 0) is 0 Å². The summed E-state index contributed by atoms with van der Waals surface area (Å²) in [5.74, 6) is 1.05. The number of nitrogens with two attached hydrogens (primary N) is 1. The second kappa shape index (κ2) is 7.75. The second-order valence-electron chi connectivity index (χ2n) is 5.05. The van der Waals surface area contributed by atoms with E-state index in [-0.39, 0.29) is 18.1 Å². The van der Waals surface area contributed by atoms with Crippen molar-refractivity contribution in [3.63, 3.8) is 0 Å². The molecule has 0 aliphatic carbocycles. The summed E-state index contributed by atoms with van der Waals surface area (Å²) < 4.78 is 10.9. The van der Waals surface area contributed by atoms with Crippen molar-refractivity contribution in [3.05, 3.63) is 23.8 Å². The Balaban J connectivity index is 2.73. The molecule has 0 saturated carbocycles. The van der Waals surface area contributed by atoms with Gasteiger partial charge in [0.15, 0.2) is 11.5 Å². The van der Waals surface area contributed by atoms with Gasteiger partial charge in [-0.1, -0.05) is 0 Å². The lowest BCUT2D eigenvalue weighted by atomic mass is 10.1. The molecule has 1 unspecified atom stereocenters. The first-order chi connectivity index (χ1) is 9.43. The molecule has 0 aliphatic heterocycles. The Morgan fingerprint density at radius 2 is 2.00 bits per heavy atom. The molecule has 0 spiro atoms. The second-order valence-corrected chi connectivity index (χ2v) is 5.05. The van der Waals surface area contributed by atoms with Crippen LogP contribution in [0, 0.1) is 0 Å².